The number of carbonyl (C=O) groups is 1. The molecule has 108 valence electrons. The van der Waals surface area contributed by atoms with Crippen molar-refractivity contribution in [2.75, 3.05) is 13.1 Å². The Hall–Kier alpha value is -1.53. The van der Waals surface area contributed by atoms with Crippen LogP contribution in [0.2, 0.25) is 0 Å². The Kier molecular flexibility index (Phi) is 5.38. The third kappa shape index (κ3) is 4.92. The van der Waals surface area contributed by atoms with Gasteiger partial charge in [-0.25, -0.2) is 0 Å². The first-order chi connectivity index (χ1) is 8.85. The van der Waals surface area contributed by atoms with Crippen LogP contribution in [0.3, 0.4) is 0 Å². The maximum atomic E-state index is 12.5. The van der Waals surface area contributed by atoms with Crippen molar-refractivity contribution >= 4 is 5.91 Å². The molecule has 0 aliphatic rings. The average Bonchev–Trinajstić information content (AvgIpc) is 2.85. The predicted octanol–water partition coefficient (Wildman–Crippen LogP) is 2.64. The van der Waals surface area contributed by atoms with Crippen LogP contribution in [0.1, 0.15) is 32.7 Å². The lowest BCUT2D eigenvalue weighted by molar-refractivity contribution is -0.163. The van der Waals surface area contributed by atoms with Crippen molar-refractivity contribution in [1.29, 1.82) is 0 Å². The molecule has 1 atom stereocenters. The van der Waals surface area contributed by atoms with Gasteiger partial charge in [-0.2, -0.15) is 18.3 Å². The van der Waals surface area contributed by atoms with Crippen molar-refractivity contribution in [3.8, 4) is 0 Å². The first kappa shape index (κ1) is 15.5. The fourth-order valence-electron chi connectivity index (χ4n) is 1.72. The lowest BCUT2D eigenvalue weighted by Crippen LogP contribution is -2.42. The van der Waals surface area contributed by atoms with E-state index in [0.717, 1.165) is 11.3 Å². The maximum Gasteiger partial charge on any atom is 0.406 e. The molecule has 1 heterocycles. The molecule has 0 saturated heterocycles. The molecule has 0 aromatic carbocycles. The molecule has 19 heavy (non-hydrogen) atoms. The highest BCUT2D eigenvalue weighted by Gasteiger charge is 2.34. The molecule has 0 fully saturated rings. The van der Waals surface area contributed by atoms with E-state index in [9.17, 15) is 18.0 Å². The highest BCUT2D eigenvalue weighted by Crippen LogP contribution is 2.19. The molecule has 4 nitrogen and oxygen atoms in total. The van der Waals surface area contributed by atoms with Gasteiger partial charge in [-0.15, -0.1) is 0 Å². The molecule has 1 amide bonds. The van der Waals surface area contributed by atoms with Gasteiger partial charge in [0.1, 0.15) is 12.6 Å². The van der Waals surface area contributed by atoms with Crippen molar-refractivity contribution in [1.82, 2.24) is 14.7 Å². The Bertz CT molecular complexity index is 389. The van der Waals surface area contributed by atoms with E-state index in [-0.39, 0.29) is 6.54 Å². The molecule has 7 heteroatoms. The van der Waals surface area contributed by atoms with Crippen molar-refractivity contribution in [2.45, 2.75) is 38.9 Å². The number of aromatic nitrogens is 2. The van der Waals surface area contributed by atoms with Crippen LogP contribution < -0.4 is 0 Å². The number of alkyl halides is 3. The summed E-state index contributed by atoms with van der Waals surface area (Å²) in [5.41, 5.74) is 0. The van der Waals surface area contributed by atoms with Gasteiger partial charge in [-0.1, -0.05) is 13.3 Å². The maximum absolute atomic E-state index is 12.5. The van der Waals surface area contributed by atoms with Crippen LogP contribution in [0.4, 0.5) is 13.2 Å². The first-order valence-corrected chi connectivity index (χ1v) is 6.20. The van der Waals surface area contributed by atoms with Crippen molar-refractivity contribution in [3.05, 3.63) is 18.5 Å². The van der Waals surface area contributed by atoms with E-state index in [1.165, 1.54) is 10.9 Å². The molecule has 0 saturated carbocycles. The number of nitrogens with zero attached hydrogens (tertiary/aromatic N) is 3. The second-order valence-corrected chi connectivity index (χ2v) is 4.39. The van der Waals surface area contributed by atoms with Gasteiger partial charge in [-0.3, -0.25) is 9.48 Å². The van der Waals surface area contributed by atoms with Crippen LogP contribution in [-0.4, -0.2) is 39.9 Å². The van der Waals surface area contributed by atoms with E-state index < -0.39 is 24.7 Å². The fourth-order valence-corrected chi connectivity index (χ4v) is 1.72. The number of amides is 1. The summed E-state index contributed by atoms with van der Waals surface area (Å²) in [5, 5.41) is 3.88. The Labute approximate surface area is 110 Å². The smallest absolute Gasteiger partial charge is 0.332 e. The molecule has 0 radical (unpaired) electrons. The summed E-state index contributed by atoms with van der Waals surface area (Å²) in [6, 6.07) is 0.901. The monoisotopic (exact) mass is 277 g/mol. The average molecular weight is 277 g/mol. The van der Waals surface area contributed by atoms with E-state index in [1.54, 1.807) is 19.2 Å². The van der Waals surface area contributed by atoms with Crippen molar-refractivity contribution in [2.24, 2.45) is 0 Å². The number of carbonyl (C=O) groups excluding carboxylic acids is 1. The molecule has 1 rings (SSSR count). The molecule has 1 aromatic heterocycles. The van der Waals surface area contributed by atoms with Crippen LogP contribution in [0.25, 0.3) is 0 Å². The number of hydrogen-bond donors (Lipinski definition) is 0. The standard InChI is InChI=1S/C12H18F3N3O/c1-3-4-7-17(9-12(13,14)15)11(19)10(2)18-8-5-6-16-18/h5-6,8,10H,3-4,7,9H2,1-2H3. The van der Waals surface area contributed by atoms with E-state index >= 15 is 0 Å². The zero-order valence-corrected chi connectivity index (χ0v) is 11.0. The van der Waals surface area contributed by atoms with Crippen LogP contribution in [0.5, 0.6) is 0 Å². The normalized spacial score (nSPS) is 13.3. The minimum absolute atomic E-state index is 0.112. The Morgan fingerprint density at radius 1 is 1.47 bits per heavy atom. The van der Waals surface area contributed by atoms with E-state index in [0.29, 0.717) is 6.42 Å². The molecule has 0 aliphatic carbocycles. The van der Waals surface area contributed by atoms with Crippen LogP contribution in [0.15, 0.2) is 18.5 Å². The topological polar surface area (TPSA) is 38.1 Å². The first-order valence-electron chi connectivity index (χ1n) is 6.20. The third-order valence-electron chi connectivity index (χ3n) is 2.74. The van der Waals surface area contributed by atoms with Gasteiger partial charge in [0, 0.05) is 18.9 Å². The summed E-state index contributed by atoms with van der Waals surface area (Å²) >= 11 is 0. The molecule has 0 spiro atoms. The lowest BCUT2D eigenvalue weighted by atomic mass is 10.2. The van der Waals surface area contributed by atoms with Gasteiger partial charge in [0.15, 0.2) is 0 Å². The quantitative estimate of drug-likeness (QED) is 0.801. The highest BCUT2D eigenvalue weighted by atomic mass is 19.4. The summed E-state index contributed by atoms with van der Waals surface area (Å²) in [5.74, 6) is -0.561. The Balaban J connectivity index is 2.75. The lowest BCUT2D eigenvalue weighted by Gasteiger charge is -2.26. The third-order valence-corrected chi connectivity index (χ3v) is 2.74. The second kappa shape index (κ2) is 6.58. The zero-order chi connectivity index (χ0) is 14.5. The van der Waals surface area contributed by atoms with E-state index in [2.05, 4.69) is 5.10 Å². The molecule has 0 aliphatic heterocycles. The van der Waals surface area contributed by atoms with Crippen molar-refractivity contribution < 1.29 is 18.0 Å². The van der Waals surface area contributed by atoms with Gasteiger partial charge in [-0.05, 0) is 19.4 Å². The van der Waals surface area contributed by atoms with Gasteiger partial charge in [0.25, 0.3) is 0 Å². The number of hydrogen-bond acceptors (Lipinski definition) is 2. The Morgan fingerprint density at radius 3 is 2.63 bits per heavy atom. The highest BCUT2D eigenvalue weighted by molar-refractivity contribution is 5.80. The molecule has 1 unspecified atom stereocenters. The Morgan fingerprint density at radius 2 is 2.16 bits per heavy atom. The van der Waals surface area contributed by atoms with Gasteiger partial charge < -0.3 is 4.90 Å². The SMILES string of the molecule is CCCCN(CC(F)(F)F)C(=O)C(C)n1cccn1. The minimum Gasteiger partial charge on any atom is -0.332 e. The molecular formula is C12H18F3N3O. The van der Waals surface area contributed by atoms with Gasteiger partial charge in [0.2, 0.25) is 5.91 Å². The van der Waals surface area contributed by atoms with Gasteiger partial charge in [0.05, 0.1) is 0 Å². The molecule has 0 bridgehead atoms. The summed E-state index contributed by atoms with van der Waals surface area (Å²) < 4.78 is 38.8. The second-order valence-electron chi connectivity index (χ2n) is 4.39. The molecule has 1 aromatic rings. The number of unbranched alkanes of at least 4 members (excludes halogenated alkanes) is 1. The van der Waals surface area contributed by atoms with Crippen LogP contribution in [0, 0.1) is 0 Å². The fraction of sp³-hybridized carbons (Fsp3) is 0.667. The number of rotatable bonds is 6. The van der Waals surface area contributed by atoms with Crippen LogP contribution >= 0.6 is 0 Å². The largest absolute Gasteiger partial charge is 0.406 e. The van der Waals surface area contributed by atoms with E-state index in [1.807, 2.05) is 6.92 Å². The molecular weight excluding hydrogens is 259 g/mol. The summed E-state index contributed by atoms with van der Waals surface area (Å²) in [4.78, 5) is 12.9. The molecule has 0 N–H and O–H groups in total. The summed E-state index contributed by atoms with van der Waals surface area (Å²) in [6.07, 6.45) is -0.0449. The minimum atomic E-state index is -4.38. The van der Waals surface area contributed by atoms with Crippen molar-refractivity contribution in [3.63, 3.8) is 0 Å². The summed E-state index contributed by atoms with van der Waals surface area (Å²) in [7, 11) is 0. The predicted molar refractivity (Wildman–Crippen MR) is 64.5 cm³/mol. The van der Waals surface area contributed by atoms with Crippen LogP contribution in [-0.2, 0) is 4.79 Å². The zero-order valence-electron chi connectivity index (χ0n) is 11.0. The van der Waals surface area contributed by atoms with Gasteiger partial charge >= 0.3 is 6.18 Å². The summed E-state index contributed by atoms with van der Waals surface area (Å²) in [6.45, 7) is 2.32. The number of halogens is 3. The van der Waals surface area contributed by atoms with E-state index in [4.69, 9.17) is 0 Å².